The monoisotopic (exact) mass is 296 g/mol. The first kappa shape index (κ1) is 14.3. The van der Waals surface area contributed by atoms with Crippen LogP contribution in [0.15, 0.2) is 30.5 Å². The van der Waals surface area contributed by atoms with Gasteiger partial charge in [0.25, 0.3) is 0 Å². The third-order valence-electron chi connectivity index (χ3n) is 2.19. The zero-order valence-corrected chi connectivity index (χ0v) is 10.2. The number of nitrogens with zero attached hydrogens (tertiary/aromatic N) is 4. The molecule has 1 aromatic heterocycles. The molecular weight excluding hydrogens is 289 g/mol. The van der Waals surface area contributed by atoms with E-state index in [1.807, 2.05) is 0 Å². The quantitative estimate of drug-likeness (QED) is 0.838. The van der Waals surface area contributed by atoms with Gasteiger partial charge in [-0.1, -0.05) is 12.1 Å². The minimum Gasteiger partial charge on any atom is -0.404 e. The first-order valence-corrected chi connectivity index (χ1v) is 5.45. The highest BCUT2D eigenvalue weighted by Crippen LogP contribution is 2.30. The molecule has 0 bridgehead atoms. The summed E-state index contributed by atoms with van der Waals surface area (Å²) in [6, 6.07) is 7.20. The summed E-state index contributed by atoms with van der Waals surface area (Å²) < 4.78 is 40.6. The molecule has 0 spiro atoms. The number of anilines is 1. The molecule has 2 N–H and O–H groups in total. The summed E-state index contributed by atoms with van der Waals surface area (Å²) in [6.45, 7) is 0. The molecule has 0 aliphatic rings. The van der Waals surface area contributed by atoms with Crippen LogP contribution in [0, 0.1) is 11.3 Å². The second-order valence-corrected chi connectivity index (χ2v) is 3.59. The maximum Gasteiger partial charge on any atom is 0.573 e. The average molecular weight is 296 g/mol. The van der Waals surface area contributed by atoms with Crippen molar-refractivity contribution in [3.8, 4) is 11.8 Å². The molecule has 1 aromatic carbocycles. The van der Waals surface area contributed by atoms with Gasteiger partial charge in [-0.25, -0.2) is 0 Å². The first-order valence-electron chi connectivity index (χ1n) is 5.45. The van der Waals surface area contributed by atoms with Crippen LogP contribution in [0.2, 0.25) is 0 Å². The van der Waals surface area contributed by atoms with Crippen LogP contribution in [0.1, 0.15) is 5.82 Å². The molecule has 0 amide bonds. The van der Waals surface area contributed by atoms with E-state index in [9.17, 15) is 13.2 Å². The van der Waals surface area contributed by atoms with E-state index in [0.29, 0.717) is 0 Å². The Bertz CT molecular complexity index is 674. The number of hydrogen-bond donors (Lipinski definition) is 2. The van der Waals surface area contributed by atoms with Crippen LogP contribution >= 0.6 is 0 Å². The minimum atomic E-state index is -4.81. The van der Waals surface area contributed by atoms with Gasteiger partial charge >= 0.3 is 6.36 Å². The van der Waals surface area contributed by atoms with E-state index >= 15 is 0 Å². The van der Waals surface area contributed by atoms with Crippen LogP contribution in [0.4, 0.5) is 18.9 Å². The third-order valence-corrected chi connectivity index (χ3v) is 2.19. The molecule has 0 saturated heterocycles. The molecule has 0 atom stereocenters. The van der Waals surface area contributed by atoms with Gasteiger partial charge in [-0.15, -0.1) is 23.4 Å². The van der Waals surface area contributed by atoms with Gasteiger partial charge in [0.15, 0.2) is 5.75 Å². The second-order valence-electron chi connectivity index (χ2n) is 3.59. The zero-order valence-electron chi connectivity index (χ0n) is 10.2. The molecule has 10 heteroatoms. The van der Waals surface area contributed by atoms with Crippen molar-refractivity contribution in [3.63, 3.8) is 0 Å². The lowest BCUT2D eigenvalue weighted by atomic mass is 10.2. The molecule has 0 aliphatic carbocycles. The summed E-state index contributed by atoms with van der Waals surface area (Å²) >= 11 is 0. The van der Waals surface area contributed by atoms with E-state index in [2.05, 4.69) is 30.7 Å². The Kier molecular flexibility index (Phi) is 4.03. The lowest BCUT2D eigenvalue weighted by Gasteiger charge is -2.12. The Morgan fingerprint density at radius 1 is 1.38 bits per heavy atom. The number of nitrogens with one attached hydrogen (secondary N) is 2. The fraction of sp³-hybridized carbons (Fsp3) is 0.0909. The number of hydrogen-bond acceptors (Lipinski definition) is 6. The van der Waals surface area contributed by atoms with Crippen LogP contribution < -0.4 is 10.1 Å². The Morgan fingerprint density at radius 2 is 2.14 bits per heavy atom. The summed E-state index contributed by atoms with van der Waals surface area (Å²) in [5, 5.41) is 24.1. The van der Waals surface area contributed by atoms with E-state index in [1.54, 1.807) is 6.07 Å². The summed E-state index contributed by atoms with van der Waals surface area (Å²) in [4.78, 5) is 0. The average Bonchev–Trinajstić information content (AvgIpc) is 2.93. The predicted molar refractivity (Wildman–Crippen MR) is 64.5 cm³/mol. The van der Waals surface area contributed by atoms with E-state index < -0.39 is 12.1 Å². The van der Waals surface area contributed by atoms with Crippen molar-refractivity contribution in [1.29, 1.82) is 5.26 Å². The van der Waals surface area contributed by atoms with Crippen LogP contribution in [-0.2, 0) is 0 Å². The Morgan fingerprint density at radius 3 is 2.76 bits per heavy atom. The summed E-state index contributed by atoms with van der Waals surface area (Å²) in [5.41, 5.74) is 0.0247. The number of halogens is 3. The number of para-hydroxylation sites is 2. The molecule has 0 radical (unpaired) electrons. The van der Waals surface area contributed by atoms with Gasteiger partial charge in [0, 0.05) is 6.20 Å². The highest BCUT2D eigenvalue weighted by molar-refractivity contribution is 5.74. The number of nitriles is 1. The molecule has 0 fully saturated rings. The van der Waals surface area contributed by atoms with E-state index in [1.165, 1.54) is 18.2 Å². The van der Waals surface area contributed by atoms with Gasteiger partial charge in [0.2, 0.25) is 5.82 Å². The molecule has 2 rings (SSSR count). The number of benzene rings is 1. The van der Waals surface area contributed by atoms with Crippen LogP contribution in [-0.4, -0.2) is 27.0 Å². The molecule has 1 heterocycles. The lowest BCUT2D eigenvalue weighted by Crippen LogP contribution is -2.17. The molecule has 0 aliphatic heterocycles. The highest BCUT2D eigenvalue weighted by Gasteiger charge is 2.32. The van der Waals surface area contributed by atoms with Crippen molar-refractivity contribution in [2.45, 2.75) is 6.36 Å². The number of tetrazole rings is 1. The van der Waals surface area contributed by atoms with Gasteiger partial charge in [-0.2, -0.15) is 10.5 Å². The van der Waals surface area contributed by atoms with Crippen LogP contribution in [0.3, 0.4) is 0 Å². The molecule has 21 heavy (non-hydrogen) atoms. The Hall–Kier alpha value is -3.09. The Balaban J connectivity index is 2.22. The Labute approximate surface area is 116 Å². The topological polar surface area (TPSA) is 99.5 Å². The summed E-state index contributed by atoms with van der Waals surface area (Å²) in [6.07, 6.45) is -3.66. The van der Waals surface area contributed by atoms with Gasteiger partial charge in [0.1, 0.15) is 11.6 Å². The number of aromatic amines is 1. The number of rotatable bonds is 4. The maximum absolute atomic E-state index is 12.3. The standard InChI is InChI=1S/C11H7F3N6O/c12-11(13,14)21-9-4-2-1-3-8(9)16-6-7(5-15)10-17-19-20-18-10/h1-4,6,16H,(H,17,18,19,20). The number of aromatic nitrogens is 4. The van der Waals surface area contributed by atoms with Crippen molar-refractivity contribution in [2.75, 3.05) is 5.32 Å². The van der Waals surface area contributed by atoms with Crippen molar-refractivity contribution in [2.24, 2.45) is 0 Å². The molecular formula is C11H7F3N6O. The number of H-pyrrole nitrogens is 1. The number of alkyl halides is 3. The second kappa shape index (κ2) is 5.91. The lowest BCUT2D eigenvalue weighted by molar-refractivity contribution is -0.274. The fourth-order valence-electron chi connectivity index (χ4n) is 1.37. The van der Waals surface area contributed by atoms with E-state index in [0.717, 1.165) is 12.3 Å². The molecule has 108 valence electrons. The van der Waals surface area contributed by atoms with Gasteiger partial charge in [-0.3, -0.25) is 0 Å². The van der Waals surface area contributed by atoms with Crippen molar-refractivity contribution in [1.82, 2.24) is 20.6 Å². The minimum absolute atomic E-state index is 0.00874. The van der Waals surface area contributed by atoms with Crippen LogP contribution in [0.25, 0.3) is 5.57 Å². The summed E-state index contributed by atoms with van der Waals surface area (Å²) in [5.74, 6) is -0.411. The van der Waals surface area contributed by atoms with Crippen molar-refractivity contribution in [3.05, 3.63) is 36.3 Å². The van der Waals surface area contributed by atoms with Crippen LogP contribution in [0.5, 0.6) is 5.75 Å². The van der Waals surface area contributed by atoms with Gasteiger partial charge in [0.05, 0.1) is 5.69 Å². The molecule has 7 nitrogen and oxygen atoms in total. The van der Waals surface area contributed by atoms with Crippen molar-refractivity contribution >= 4 is 11.3 Å². The fourth-order valence-corrected chi connectivity index (χ4v) is 1.37. The molecule has 0 saturated carbocycles. The third kappa shape index (κ3) is 3.93. The van der Waals surface area contributed by atoms with Crippen molar-refractivity contribution < 1.29 is 17.9 Å². The number of ether oxygens (including phenoxy) is 1. The van der Waals surface area contributed by atoms with E-state index in [4.69, 9.17) is 5.26 Å². The number of allylic oxidation sites excluding steroid dienone is 1. The SMILES string of the molecule is N#CC(=CNc1ccccc1OC(F)(F)F)c1nn[nH]n1. The zero-order chi connectivity index (χ0) is 15.3. The normalized spacial score (nSPS) is 11.8. The predicted octanol–water partition coefficient (Wildman–Crippen LogP) is 2.07. The maximum atomic E-state index is 12.3. The smallest absolute Gasteiger partial charge is 0.404 e. The molecule has 2 aromatic rings. The molecule has 0 unspecified atom stereocenters. The summed E-state index contributed by atoms with van der Waals surface area (Å²) in [7, 11) is 0. The van der Waals surface area contributed by atoms with Gasteiger partial charge < -0.3 is 10.1 Å². The van der Waals surface area contributed by atoms with Gasteiger partial charge in [-0.05, 0) is 17.3 Å². The largest absolute Gasteiger partial charge is 0.573 e. The highest BCUT2D eigenvalue weighted by atomic mass is 19.4. The van der Waals surface area contributed by atoms with E-state index in [-0.39, 0.29) is 17.1 Å². The first-order chi connectivity index (χ1) is 9.99.